The predicted octanol–water partition coefficient (Wildman–Crippen LogP) is 6.41. The zero-order valence-electron chi connectivity index (χ0n) is 14.8. The molecule has 0 fully saturated rings. The number of benzene rings is 1. The van der Waals surface area contributed by atoms with E-state index in [1.807, 2.05) is 0 Å². The molecule has 1 aliphatic heterocycles. The summed E-state index contributed by atoms with van der Waals surface area (Å²) in [4.78, 5) is 13.4. The molecule has 2 N–H and O–H groups in total. The van der Waals surface area contributed by atoms with Crippen molar-refractivity contribution >= 4 is 56.3 Å². The SMILES string of the molecule is O=C(Nc1ccc(F)c(Cl)c1)c1nn2c(c1Br)NC(c1cccs1)CC2C(F)(F)F. The second-order valence-corrected chi connectivity index (χ2v) is 8.72. The fourth-order valence-electron chi connectivity index (χ4n) is 3.17. The van der Waals surface area contributed by atoms with Gasteiger partial charge in [-0.2, -0.15) is 18.3 Å². The number of alkyl halides is 3. The lowest BCUT2D eigenvalue weighted by Crippen LogP contribution is -2.35. The average molecular weight is 524 g/mol. The van der Waals surface area contributed by atoms with Crippen molar-refractivity contribution in [3.05, 3.63) is 61.6 Å². The zero-order valence-corrected chi connectivity index (χ0v) is 18.0. The minimum atomic E-state index is -4.56. The van der Waals surface area contributed by atoms with Crippen LogP contribution in [0.5, 0.6) is 0 Å². The predicted molar refractivity (Wildman–Crippen MR) is 110 cm³/mol. The number of rotatable bonds is 3. The van der Waals surface area contributed by atoms with Crippen LogP contribution in [0.3, 0.4) is 0 Å². The summed E-state index contributed by atoms with van der Waals surface area (Å²) in [7, 11) is 0. The van der Waals surface area contributed by atoms with Gasteiger partial charge in [0.2, 0.25) is 0 Å². The molecule has 0 aliphatic carbocycles. The summed E-state index contributed by atoms with van der Waals surface area (Å²) in [6, 6.07) is 4.58. The summed E-state index contributed by atoms with van der Waals surface area (Å²) < 4.78 is 55.4. The van der Waals surface area contributed by atoms with Crippen LogP contribution in [0.1, 0.15) is 33.9 Å². The summed E-state index contributed by atoms with van der Waals surface area (Å²) >= 11 is 10.3. The first-order chi connectivity index (χ1) is 14.1. The molecule has 3 heterocycles. The minimum absolute atomic E-state index is 0.0595. The van der Waals surface area contributed by atoms with Crippen LogP contribution in [0.15, 0.2) is 40.2 Å². The molecule has 0 saturated carbocycles. The van der Waals surface area contributed by atoms with Crippen LogP contribution in [0.4, 0.5) is 29.1 Å². The lowest BCUT2D eigenvalue weighted by molar-refractivity contribution is -0.173. The van der Waals surface area contributed by atoms with E-state index >= 15 is 0 Å². The molecule has 1 aromatic carbocycles. The van der Waals surface area contributed by atoms with E-state index in [4.69, 9.17) is 11.6 Å². The third-order valence-corrected chi connectivity index (χ3v) is 6.60. The van der Waals surface area contributed by atoms with Gasteiger partial charge in [-0.15, -0.1) is 11.3 Å². The van der Waals surface area contributed by atoms with Gasteiger partial charge in [-0.05, 0) is 45.6 Å². The monoisotopic (exact) mass is 522 g/mol. The Morgan fingerprint density at radius 2 is 2.13 bits per heavy atom. The van der Waals surface area contributed by atoms with Crippen molar-refractivity contribution in [1.82, 2.24) is 9.78 Å². The van der Waals surface area contributed by atoms with Gasteiger partial charge >= 0.3 is 6.18 Å². The largest absolute Gasteiger partial charge is 0.410 e. The van der Waals surface area contributed by atoms with Crippen molar-refractivity contribution in [2.24, 2.45) is 0 Å². The first-order valence-electron chi connectivity index (χ1n) is 8.56. The molecule has 4 rings (SSSR count). The molecule has 5 nitrogen and oxygen atoms in total. The van der Waals surface area contributed by atoms with E-state index in [1.54, 1.807) is 17.5 Å². The second-order valence-electron chi connectivity index (χ2n) is 6.54. The maximum atomic E-state index is 13.8. The van der Waals surface area contributed by atoms with Crippen molar-refractivity contribution in [3.63, 3.8) is 0 Å². The van der Waals surface area contributed by atoms with Crippen LogP contribution in [0.25, 0.3) is 0 Å². The Bertz CT molecular complexity index is 1100. The maximum absolute atomic E-state index is 13.8. The van der Waals surface area contributed by atoms with Gasteiger partial charge in [0.25, 0.3) is 5.91 Å². The first kappa shape index (κ1) is 21.1. The molecule has 2 atom stereocenters. The van der Waals surface area contributed by atoms with Crippen molar-refractivity contribution in [2.75, 3.05) is 10.6 Å². The molecule has 3 aromatic rings. The Kier molecular flexibility index (Phi) is 5.54. The topological polar surface area (TPSA) is 59.0 Å². The molecule has 0 spiro atoms. The zero-order chi connectivity index (χ0) is 21.6. The molecule has 12 heteroatoms. The first-order valence-corrected chi connectivity index (χ1v) is 10.6. The van der Waals surface area contributed by atoms with Crippen molar-refractivity contribution in [3.8, 4) is 0 Å². The number of hydrogen-bond donors (Lipinski definition) is 2. The van der Waals surface area contributed by atoms with Gasteiger partial charge < -0.3 is 10.6 Å². The Morgan fingerprint density at radius 3 is 2.77 bits per heavy atom. The van der Waals surface area contributed by atoms with Gasteiger partial charge in [-0.3, -0.25) is 4.79 Å². The second kappa shape index (κ2) is 7.86. The number of nitrogens with zero attached hydrogens (tertiary/aromatic N) is 2. The Hall–Kier alpha value is -2.11. The smallest absolute Gasteiger partial charge is 0.362 e. The van der Waals surface area contributed by atoms with E-state index in [9.17, 15) is 22.4 Å². The number of anilines is 2. The van der Waals surface area contributed by atoms with Crippen molar-refractivity contribution in [2.45, 2.75) is 24.7 Å². The number of carbonyl (C=O) groups is 1. The molecule has 2 unspecified atom stereocenters. The highest BCUT2D eigenvalue weighted by atomic mass is 79.9. The third-order valence-electron chi connectivity index (χ3n) is 4.57. The van der Waals surface area contributed by atoms with Gasteiger partial charge in [0.1, 0.15) is 11.6 Å². The Labute approximate surface area is 185 Å². The number of carbonyl (C=O) groups excluding carboxylic acids is 1. The standard InChI is InChI=1S/C18H12BrClF4N4OS/c19-14-15(17(29)25-8-3-4-10(21)9(20)6-8)27-28-13(18(22,23)24)7-11(26-16(14)28)12-2-1-5-30-12/h1-6,11,13,26H,7H2,(H,25,29). The molecular formula is C18H12BrClF4N4OS. The summed E-state index contributed by atoms with van der Waals surface area (Å²) in [5.41, 5.74) is -0.0555. The van der Waals surface area contributed by atoms with Gasteiger partial charge in [0.05, 0.1) is 15.5 Å². The van der Waals surface area contributed by atoms with E-state index < -0.39 is 30.0 Å². The summed E-state index contributed by atoms with van der Waals surface area (Å²) in [6.07, 6.45) is -4.82. The summed E-state index contributed by atoms with van der Waals surface area (Å²) in [6.45, 7) is 0. The van der Waals surface area contributed by atoms with Gasteiger partial charge in [0.15, 0.2) is 11.7 Å². The van der Waals surface area contributed by atoms with E-state index in [1.165, 1.54) is 23.5 Å². The molecule has 30 heavy (non-hydrogen) atoms. The van der Waals surface area contributed by atoms with Crippen LogP contribution in [0, 0.1) is 5.82 Å². The van der Waals surface area contributed by atoms with Crippen LogP contribution in [0.2, 0.25) is 5.02 Å². The Morgan fingerprint density at radius 1 is 1.37 bits per heavy atom. The lowest BCUT2D eigenvalue weighted by Gasteiger charge is -2.33. The average Bonchev–Trinajstić information content (AvgIpc) is 3.32. The number of thiophene rings is 1. The number of nitrogens with one attached hydrogen (secondary N) is 2. The fourth-order valence-corrected chi connectivity index (χ4v) is 4.70. The lowest BCUT2D eigenvalue weighted by atomic mass is 10.0. The van der Waals surface area contributed by atoms with Crippen molar-refractivity contribution < 1.29 is 22.4 Å². The van der Waals surface area contributed by atoms with Gasteiger partial charge in [-0.1, -0.05) is 17.7 Å². The molecule has 0 bridgehead atoms. The van der Waals surface area contributed by atoms with E-state index in [-0.39, 0.29) is 33.1 Å². The van der Waals surface area contributed by atoms with Crippen LogP contribution in [-0.4, -0.2) is 21.9 Å². The van der Waals surface area contributed by atoms with Crippen LogP contribution >= 0.6 is 38.9 Å². The van der Waals surface area contributed by atoms with Gasteiger partial charge in [0, 0.05) is 17.0 Å². The number of aromatic nitrogens is 2. The van der Waals surface area contributed by atoms with E-state index in [0.717, 1.165) is 15.6 Å². The molecule has 1 amide bonds. The Balaban J connectivity index is 1.69. The highest BCUT2D eigenvalue weighted by Crippen LogP contribution is 2.46. The normalized spacial score (nSPS) is 18.6. The maximum Gasteiger partial charge on any atom is 0.410 e. The quantitative estimate of drug-likeness (QED) is 0.390. The highest BCUT2D eigenvalue weighted by molar-refractivity contribution is 9.10. The van der Waals surface area contributed by atoms with Crippen molar-refractivity contribution in [1.29, 1.82) is 0 Å². The molecule has 2 aromatic heterocycles. The number of amides is 1. The molecule has 1 aliphatic rings. The molecule has 0 radical (unpaired) electrons. The molecule has 158 valence electrons. The molecule has 0 saturated heterocycles. The third kappa shape index (κ3) is 3.93. The van der Waals surface area contributed by atoms with E-state index in [2.05, 4.69) is 31.7 Å². The fraction of sp³-hybridized carbons (Fsp3) is 0.222. The van der Waals surface area contributed by atoms with Gasteiger partial charge in [-0.25, -0.2) is 9.07 Å². The van der Waals surface area contributed by atoms with E-state index in [0.29, 0.717) is 0 Å². The highest BCUT2D eigenvalue weighted by Gasteiger charge is 2.48. The van der Waals surface area contributed by atoms with Crippen LogP contribution in [-0.2, 0) is 0 Å². The summed E-state index contributed by atoms with van der Waals surface area (Å²) in [5.74, 6) is -1.36. The number of halogens is 6. The number of fused-ring (bicyclic) bond motifs is 1. The minimum Gasteiger partial charge on any atom is -0.362 e. The molecular weight excluding hydrogens is 512 g/mol. The number of hydrogen-bond acceptors (Lipinski definition) is 4. The van der Waals surface area contributed by atoms with Crippen LogP contribution < -0.4 is 10.6 Å². The summed E-state index contributed by atoms with van der Waals surface area (Å²) in [5, 5.41) is 11.0.